The summed E-state index contributed by atoms with van der Waals surface area (Å²) in [7, 11) is 1.96. The summed E-state index contributed by atoms with van der Waals surface area (Å²) in [5.41, 5.74) is 6.23. The largest absolute Gasteiger partial charge is 0.374 e. The predicted molar refractivity (Wildman–Crippen MR) is 124 cm³/mol. The van der Waals surface area contributed by atoms with E-state index in [1.165, 1.54) is 6.07 Å². The van der Waals surface area contributed by atoms with Gasteiger partial charge in [-0.05, 0) is 50.3 Å². The Hall–Kier alpha value is -1.58. The van der Waals surface area contributed by atoms with E-state index >= 15 is 0 Å². The maximum atomic E-state index is 13.3. The molecule has 1 aliphatic rings. The van der Waals surface area contributed by atoms with Crippen molar-refractivity contribution in [2.75, 3.05) is 44.7 Å². The van der Waals surface area contributed by atoms with Crippen molar-refractivity contribution in [3.63, 3.8) is 0 Å². The number of nitrogens with two attached hydrogens (primary N) is 1. The van der Waals surface area contributed by atoms with Crippen LogP contribution in [0.4, 0.5) is 10.1 Å². The molecule has 8 heteroatoms. The molecule has 0 aliphatic carbocycles. The second kappa shape index (κ2) is 12.8. The third kappa shape index (κ3) is 8.20. The summed E-state index contributed by atoms with van der Waals surface area (Å²) in [6, 6.07) is 6.62. The van der Waals surface area contributed by atoms with Gasteiger partial charge in [0.25, 0.3) is 0 Å². The molecule has 0 saturated carbocycles. The van der Waals surface area contributed by atoms with Crippen LogP contribution in [-0.4, -0.2) is 56.5 Å². The molecular weight excluding hydrogens is 472 g/mol. The zero-order chi connectivity index (χ0) is 19.6. The van der Waals surface area contributed by atoms with E-state index < -0.39 is 0 Å². The van der Waals surface area contributed by atoms with Crippen LogP contribution in [0, 0.1) is 11.7 Å². The van der Waals surface area contributed by atoms with Crippen LogP contribution in [0.25, 0.3) is 0 Å². The Kier molecular flexibility index (Phi) is 11.2. The zero-order valence-electron chi connectivity index (χ0n) is 16.9. The minimum Gasteiger partial charge on any atom is -0.374 e. The number of carbonyl (C=O) groups is 1. The average molecular weight is 505 g/mol. The number of benzene rings is 1. The minimum atomic E-state index is -0.232. The van der Waals surface area contributed by atoms with Crippen LogP contribution in [0.1, 0.15) is 32.6 Å². The highest BCUT2D eigenvalue weighted by atomic mass is 127. The molecule has 1 unspecified atom stereocenters. The van der Waals surface area contributed by atoms with Crippen LogP contribution in [0.2, 0.25) is 0 Å². The smallest absolute Gasteiger partial charge is 0.217 e. The topological polar surface area (TPSA) is 74.0 Å². The van der Waals surface area contributed by atoms with Crippen molar-refractivity contribution in [3.8, 4) is 0 Å². The van der Waals surface area contributed by atoms with Gasteiger partial charge in [-0.2, -0.15) is 0 Å². The fourth-order valence-corrected chi connectivity index (χ4v) is 3.47. The van der Waals surface area contributed by atoms with Gasteiger partial charge in [-0.1, -0.05) is 6.07 Å². The summed E-state index contributed by atoms with van der Waals surface area (Å²) >= 11 is 0. The normalized spacial score (nSPS) is 17.0. The van der Waals surface area contributed by atoms with E-state index in [-0.39, 0.29) is 35.7 Å². The molecule has 1 heterocycles. The van der Waals surface area contributed by atoms with E-state index in [9.17, 15) is 9.18 Å². The standard InChI is InChI=1S/C20H32FN5O.HI/c1-3-23-20(26-12-5-7-16(15-26)13-19(22)27)24-10-6-11-25(2)18-9-4-8-17(21)14-18;/h4,8-9,14,16H,3,5-7,10-13,15H2,1-2H3,(H2,22,27)(H,23,24);1H. The van der Waals surface area contributed by atoms with Crippen LogP contribution >= 0.6 is 24.0 Å². The maximum Gasteiger partial charge on any atom is 0.217 e. The third-order valence-electron chi connectivity index (χ3n) is 4.81. The first-order valence-corrected chi connectivity index (χ1v) is 9.78. The lowest BCUT2D eigenvalue weighted by Gasteiger charge is -2.34. The second-order valence-corrected chi connectivity index (χ2v) is 7.12. The van der Waals surface area contributed by atoms with E-state index in [1.807, 2.05) is 18.0 Å². The monoisotopic (exact) mass is 505 g/mol. The van der Waals surface area contributed by atoms with Crippen molar-refractivity contribution in [1.29, 1.82) is 0 Å². The van der Waals surface area contributed by atoms with Crippen molar-refractivity contribution in [2.45, 2.75) is 32.6 Å². The van der Waals surface area contributed by atoms with Crippen LogP contribution in [0.5, 0.6) is 0 Å². The molecule has 1 saturated heterocycles. The third-order valence-corrected chi connectivity index (χ3v) is 4.81. The number of carbonyl (C=O) groups excluding carboxylic acids is 1. The van der Waals surface area contributed by atoms with E-state index in [2.05, 4.69) is 17.1 Å². The van der Waals surface area contributed by atoms with Crippen LogP contribution in [0.15, 0.2) is 29.3 Å². The van der Waals surface area contributed by atoms with E-state index in [0.717, 1.165) is 57.1 Å². The van der Waals surface area contributed by atoms with Gasteiger partial charge >= 0.3 is 0 Å². The van der Waals surface area contributed by atoms with Crippen molar-refractivity contribution < 1.29 is 9.18 Å². The molecule has 0 aromatic heterocycles. The number of nitrogens with zero attached hydrogens (tertiary/aromatic N) is 3. The number of hydrogen-bond donors (Lipinski definition) is 2. The number of nitrogens with one attached hydrogen (secondary N) is 1. The summed E-state index contributed by atoms with van der Waals surface area (Å²) in [5, 5.41) is 3.35. The van der Waals surface area contributed by atoms with Crippen molar-refractivity contribution in [2.24, 2.45) is 16.6 Å². The number of amides is 1. The number of hydrogen-bond acceptors (Lipinski definition) is 3. The summed E-state index contributed by atoms with van der Waals surface area (Å²) < 4.78 is 13.3. The molecule has 0 radical (unpaired) electrons. The highest BCUT2D eigenvalue weighted by Gasteiger charge is 2.23. The Morgan fingerprint density at radius 3 is 2.93 bits per heavy atom. The highest BCUT2D eigenvalue weighted by molar-refractivity contribution is 14.0. The average Bonchev–Trinajstić information content (AvgIpc) is 2.63. The summed E-state index contributed by atoms with van der Waals surface area (Å²) in [6.45, 7) is 6.12. The first-order chi connectivity index (χ1) is 13.0. The summed E-state index contributed by atoms with van der Waals surface area (Å²) in [4.78, 5) is 20.2. The Morgan fingerprint density at radius 2 is 2.25 bits per heavy atom. The Bertz CT molecular complexity index is 643. The van der Waals surface area contributed by atoms with Gasteiger partial charge in [-0.15, -0.1) is 24.0 Å². The lowest BCUT2D eigenvalue weighted by atomic mass is 9.95. The summed E-state index contributed by atoms with van der Waals surface area (Å²) in [6.07, 6.45) is 3.40. The fraction of sp³-hybridized carbons (Fsp3) is 0.600. The Labute approximate surface area is 184 Å². The van der Waals surface area contributed by atoms with Gasteiger partial charge in [0, 0.05) is 51.9 Å². The van der Waals surface area contributed by atoms with Crippen LogP contribution in [0.3, 0.4) is 0 Å². The number of likely N-dealkylation sites (tertiary alicyclic amines) is 1. The fourth-order valence-electron chi connectivity index (χ4n) is 3.47. The number of guanidine groups is 1. The van der Waals surface area contributed by atoms with Gasteiger partial charge in [-0.25, -0.2) is 4.39 Å². The molecule has 158 valence electrons. The molecular formula is C20H33FIN5O. The number of primary amides is 1. The molecule has 1 atom stereocenters. The first-order valence-electron chi connectivity index (χ1n) is 9.78. The van der Waals surface area contributed by atoms with E-state index in [4.69, 9.17) is 10.7 Å². The molecule has 3 N–H and O–H groups in total. The minimum absolute atomic E-state index is 0. The predicted octanol–water partition coefficient (Wildman–Crippen LogP) is 2.82. The van der Waals surface area contributed by atoms with Gasteiger partial charge in [0.1, 0.15) is 5.82 Å². The highest BCUT2D eigenvalue weighted by Crippen LogP contribution is 2.19. The molecule has 1 aliphatic heterocycles. The first kappa shape index (κ1) is 24.5. The maximum absolute atomic E-state index is 13.3. The quantitative estimate of drug-likeness (QED) is 0.247. The Balaban J connectivity index is 0.00000392. The SMILES string of the molecule is CCNC(=NCCCN(C)c1cccc(F)c1)N1CCCC(CC(N)=O)C1.I. The number of piperidine rings is 1. The molecule has 1 aromatic carbocycles. The van der Waals surface area contributed by atoms with Gasteiger partial charge in [0.15, 0.2) is 5.96 Å². The molecule has 28 heavy (non-hydrogen) atoms. The van der Waals surface area contributed by atoms with Gasteiger partial charge in [0.2, 0.25) is 5.91 Å². The lowest BCUT2D eigenvalue weighted by molar-refractivity contribution is -0.119. The molecule has 6 nitrogen and oxygen atoms in total. The molecule has 0 bridgehead atoms. The number of anilines is 1. The van der Waals surface area contributed by atoms with Crippen LogP contribution in [-0.2, 0) is 4.79 Å². The Morgan fingerprint density at radius 1 is 1.46 bits per heavy atom. The van der Waals surface area contributed by atoms with Crippen molar-refractivity contribution in [3.05, 3.63) is 30.1 Å². The molecule has 2 rings (SSSR count). The molecule has 1 aromatic rings. The van der Waals surface area contributed by atoms with Crippen LogP contribution < -0.4 is 16.0 Å². The van der Waals surface area contributed by atoms with Gasteiger partial charge in [0.05, 0.1) is 0 Å². The number of rotatable bonds is 8. The second-order valence-electron chi connectivity index (χ2n) is 7.12. The van der Waals surface area contributed by atoms with Gasteiger partial charge in [-0.3, -0.25) is 9.79 Å². The number of halogens is 2. The molecule has 0 spiro atoms. The van der Waals surface area contributed by atoms with Crippen molar-refractivity contribution in [1.82, 2.24) is 10.2 Å². The van der Waals surface area contributed by atoms with E-state index in [1.54, 1.807) is 12.1 Å². The number of aliphatic imine (C=N–C) groups is 1. The van der Waals surface area contributed by atoms with Gasteiger partial charge < -0.3 is 20.9 Å². The van der Waals surface area contributed by atoms with E-state index in [0.29, 0.717) is 18.9 Å². The summed E-state index contributed by atoms with van der Waals surface area (Å²) in [5.74, 6) is 0.755. The molecule has 1 fully saturated rings. The van der Waals surface area contributed by atoms with Crippen molar-refractivity contribution >= 4 is 41.5 Å². The zero-order valence-corrected chi connectivity index (χ0v) is 19.2. The molecule has 1 amide bonds. The lowest BCUT2D eigenvalue weighted by Crippen LogP contribution is -2.47.